The highest BCUT2D eigenvalue weighted by atomic mass is 32.2. The highest BCUT2D eigenvalue weighted by Crippen LogP contribution is 2.31. The predicted molar refractivity (Wildman–Crippen MR) is 118 cm³/mol. The summed E-state index contributed by atoms with van der Waals surface area (Å²) >= 11 is 2.15. The summed E-state index contributed by atoms with van der Waals surface area (Å²) < 4.78 is 48.5. The van der Waals surface area contributed by atoms with E-state index in [1.54, 1.807) is 12.1 Å². The standard InChI is InChI=1S/C20H17F3N4O4S2/c1-30-14-8-3-11(9-15(14)31-2)17(29)25-18-26-27-19(33-18)32-10-16(28)24-13-6-4-12(5-7-13)20(21,22)23/h3-9H,10H2,1-2H3,(H,24,28)(H,25,26,29). The zero-order valence-electron chi connectivity index (χ0n) is 17.2. The number of hydrogen-bond acceptors (Lipinski definition) is 8. The molecule has 0 bridgehead atoms. The van der Waals surface area contributed by atoms with Crippen molar-refractivity contribution in [3.63, 3.8) is 0 Å². The van der Waals surface area contributed by atoms with E-state index < -0.39 is 23.6 Å². The molecule has 1 heterocycles. The van der Waals surface area contributed by atoms with Crippen molar-refractivity contribution in [3.8, 4) is 11.5 Å². The van der Waals surface area contributed by atoms with E-state index in [0.717, 1.165) is 35.2 Å². The molecule has 33 heavy (non-hydrogen) atoms. The average molecular weight is 499 g/mol. The number of methoxy groups -OCH3 is 2. The van der Waals surface area contributed by atoms with Gasteiger partial charge >= 0.3 is 6.18 Å². The molecule has 2 amide bonds. The van der Waals surface area contributed by atoms with Crippen molar-refractivity contribution in [3.05, 3.63) is 53.6 Å². The molecule has 0 unspecified atom stereocenters. The number of halogens is 3. The molecule has 3 aromatic rings. The van der Waals surface area contributed by atoms with E-state index in [9.17, 15) is 22.8 Å². The minimum atomic E-state index is -4.44. The maximum Gasteiger partial charge on any atom is 0.416 e. The van der Waals surface area contributed by atoms with Crippen molar-refractivity contribution in [1.29, 1.82) is 0 Å². The average Bonchev–Trinajstić information content (AvgIpc) is 3.24. The first kappa shape index (κ1) is 24.3. The number of carbonyl (C=O) groups excluding carboxylic acids is 2. The van der Waals surface area contributed by atoms with Crippen LogP contribution in [-0.4, -0.2) is 42.0 Å². The minimum absolute atomic E-state index is 0.0424. The van der Waals surface area contributed by atoms with E-state index in [4.69, 9.17) is 9.47 Å². The zero-order chi connectivity index (χ0) is 24.0. The number of nitrogens with one attached hydrogen (secondary N) is 2. The molecule has 0 fully saturated rings. The first-order valence-corrected chi connectivity index (χ1v) is 11.0. The highest BCUT2D eigenvalue weighted by Gasteiger charge is 2.30. The van der Waals surface area contributed by atoms with Gasteiger partial charge in [-0.2, -0.15) is 13.2 Å². The first-order chi connectivity index (χ1) is 15.7. The van der Waals surface area contributed by atoms with Gasteiger partial charge in [-0.1, -0.05) is 23.1 Å². The van der Waals surface area contributed by atoms with Gasteiger partial charge in [0.1, 0.15) is 0 Å². The summed E-state index contributed by atoms with van der Waals surface area (Å²) in [5.74, 6) is -0.00950. The number of anilines is 2. The van der Waals surface area contributed by atoms with Gasteiger partial charge in [-0.05, 0) is 42.5 Å². The number of alkyl halides is 3. The molecule has 0 atom stereocenters. The van der Waals surface area contributed by atoms with Gasteiger partial charge in [0.15, 0.2) is 15.8 Å². The van der Waals surface area contributed by atoms with Crippen LogP contribution in [0.25, 0.3) is 0 Å². The first-order valence-electron chi connectivity index (χ1n) is 9.16. The summed E-state index contributed by atoms with van der Waals surface area (Å²) in [6.45, 7) is 0. The lowest BCUT2D eigenvalue weighted by Gasteiger charge is -2.09. The minimum Gasteiger partial charge on any atom is -0.493 e. The molecule has 0 aliphatic heterocycles. The molecule has 2 aromatic carbocycles. The largest absolute Gasteiger partial charge is 0.493 e. The third-order valence-electron chi connectivity index (χ3n) is 4.10. The molecule has 0 saturated carbocycles. The molecular formula is C20H17F3N4O4S2. The molecule has 2 N–H and O–H groups in total. The molecule has 1 aromatic heterocycles. The second-order valence-electron chi connectivity index (χ2n) is 6.31. The van der Waals surface area contributed by atoms with E-state index in [-0.39, 0.29) is 16.6 Å². The summed E-state index contributed by atoms with van der Waals surface area (Å²) in [6, 6.07) is 8.83. The van der Waals surface area contributed by atoms with Crippen LogP contribution in [0.15, 0.2) is 46.8 Å². The Hall–Kier alpha value is -3.32. The molecule has 0 saturated heterocycles. The Labute approximate surface area is 194 Å². The van der Waals surface area contributed by atoms with Gasteiger partial charge in [0.2, 0.25) is 11.0 Å². The van der Waals surface area contributed by atoms with Crippen LogP contribution in [0.5, 0.6) is 11.5 Å². The van der Waals surface area contributed by atoms with Crippen molar-refractivity contribution >= 4 is 45.7 Å². The zero-order valence-corrected chi connectivity index (χ0v) is 18.9. The van der Waals surface area contributed by atoms with Crippen LogP contribution in [0.3, 0.4) is 0 Å². The van der Waals surface area contributed by atoms with Crippen LogP contribution in [0.1, 0.15) is 15.9 Å². The van der Waals surface area contributed by atoms with Gasteiger partial charge in [0.25, 0.3) is 5.91 Å². The van der Waals surface area contributed by atoms with E-state index in [2.05, 4.69) is 20.8 Å². The van der Waals surface area contributed by atoms with Gasteiger partial charge in [0, 0.05) is 11.3 Å². The number of amides is 2. The molecule has 0 spiro atoms. The molecule has 8 nitrogen and oxygen atoms in total. The van der Waals surface area contributed by atoms with Crippen LogP contribution in [0.4, 0.5) is 24.0 Å². The Morgan fingerprint density at radius 1 is 1.00 bits per heavy atom. The monoisotopic (exact) mass is 498 g/mol. The Morgan fingerprint density at radius 3 is 2.33 bits per heavy atom. The summed E-state index contributed by atoms with van der Waals surface area (Å²) in [6.07, 6.45) is -4.44. The summed E-state index contributed by atoms with van der Waals surface area (Å²) in [7, 11) is 2.95. The summed E-state index contributed by atoms with van der Waals surface area (Å²) in [5.41, 5.74) is -0.229. The van der Waals surface area contributed by atoms with Crippen molar-refractivity contribution < 1.29 is 32.2 Å². The van der Waals surface area contributed by atoms with E-state index >= 15 is 0 Å². The lowest BCUT2D eigenvalue weighted by molar-refractivity contribution is -0.137. The van der Waals surface area contributed by atoms with Crippen molar-refractivity contribution in [2.24, 2.45) is 0 Å². The van der Waals surface area contributed by atoms with Crippen LogP contribution < -0.4 is 20.1 Å². The molecule has 13 heteroatoms. The van der Waals surface area contributed by atoms with Crippen LogP contribution in [-0.2, 0) is 11.0 Å². The second kappa shape index (κ2) is 10.5. The smallest absolute Gasteiger partial charge is 0.416 e. The third-order valence-corrected chi connectivity index (χ3v) is 6.07. The van der Waals surface area contributed by atoms with Crippen molar-refractivity contribution in [1.82, 2.24) is 10.2 Å². The lowest BCUT2D eigenvalue weighted by atomic mass is 10.2. The Balaban J connectivity index is 1.52. The van der Waals surface area contributed by atoms with E-state index in [1.165, 1.54) is 32.4 Å². The SMILES string of the molecule is COc1ccc(C(=O)Nc2nnc(SCC(=O)Nc3ccc(C(F)(F)F)cc3)s2)cc1OC. The fourth-order valence-corrected chi connectivity index (χ4v) is 4.08. The van der Waals surface area contributed by atoms with Gasteiger partial charge in [0.05, 0.1) is 25.5 Å². The fraction of sp³-hybridized carbons (Fsp3) is 0.200. The molecule has 174 valence electrons. The Morgan fingerprint density at radius 2 is 1.70 bits per heavy atom. The molecule has 3 rings (SSSR count). The van der Waals surface area contributed by atoms with Crippen LogP contribution in [0, 0.1) is 0 Å². The topological polar surface area (TPSA) is 102 Å². The highest BCUT2D eigenvalue weighted by molar-refractivity contribution is 8.01. The third kappa shape index (κ3) is 6.58. The maximum atomic E-state index is 12.6. The van der Waals surface area contributed by atoms with Crippen LogP contribution >= 0.6 is 23.1 Å². The van der Waals surface area contributed by atoms with Gasteiger partial charge in [-0.3, -0.25) is 14.9 Å². The number of ether oxygens (including phenoxy) is 2. The lowest BCUT2D eigenvalue weighted by Crippen LogP contribution is -2.14. The van der Waals surface area contributed by atoms with Crippen LogP contribution in [0.2, 0.25) is 0 Å². The number of rotatable bonds is 8. The predicted octanol–water partition coefficient (Wildman–Crippen LogP) is 4.56. The number of carbonyl (C=O) groups is 2. The van der Waals surface area contributed by atoms with E-state index in [0.29, 0.717) is 21.4 Å². The number of benzene rings is 2. The molecular weight excluding hydrogens is 481 g/mol. The van der Waals surface area contributed by atoms with Gasteiger partial charge in [-0.15, -0.1) is 10.2 Å². The number of aromatic nitrogens is 2. The Kier molecular flexibility index (Phi) is 7.76. The number of thioether (sulfide) groups is 1. The molecule has 0 aliphatic carbocycles. The summed E-state index contributed by atoms with van der Waals surface area (Å²) in [4.78, 5) is 24.5. The number of hydrogen-bond donors (Lipinski definition) is 2. The van der Waals surface area contributed by atoms with Gasteiger partial charge in [-0.25, -0.2) is 0 Å². The second-order valence-corrected chi connectivity index (χ2v) is 8.51. The van der Waals surface area contributed by atoms with Crippen molar-refractivity contribution in [2.75, 3.05) is 30.6 Å². The fourth-order valence-electron chi connectivity index (χ4n) is 2.53. The van der Waals surface area contributed by atoms with Crippen molar-refractivity contribution in [2.45, 2.75) is 10.5 Å². The number of nitrogens with zero attached hydrogens (tertiary/aromatic N) is 2. The normalized spacial score (nSPS) is 11.1. The Bertz CT molecular complexity index is 1140. The van der Waals surface area contributed by atoms with E-state index in [1.807, 2.05) is 0 Å². The maximum absolute atomic E-state index is 12.6. The molecule has 0 radical (unpaired) electrons. The quantitative estimate of drug-likeness (QED) is 0.347. The summed E-state index contributed by atoms with van der Waals surface area (Å²) in [5, 5.41) is 13.1. The molecule has 0 aliphatic rings. The van der Waals surface area contributed by atoms with Gasteiger partial charge < -0.3 is 14.8 Å².